The number of benzene rings is 2. The van der Waals surface area contributed by atoms with E-state index in [2.05, 4.69) is 46.3 Å². The maximum Gasteiger partial charge on any atom is 0.252 e. The van der Waals surface area contributed by atoms with Crippen LogP contribution in [0, 0.1) is 6.92 Å². The number of hydrogen-bond donors (Lipinski definition) is 0. The zero-order chi connectivity index (χ0) is 18.4. The van der Waals surface area contributed by atoms with Crippen LogP contribution in [-0.2, 0) is 6.42 Å². The Morgan fingerprint density at radius 1 is 0.963 bits per heavy atom. The average molecular weight is 354 g/mol. The molecule has 0 saturated carbocycles. The number of carbonyl (C=O) groups excluding carboxylic acids is 1. The SMILES string of the molecule is Cc1ccc(C2CC(=O)c3cn4nc(-c5ccccc5)nc4nc3C2)cc1. The van der Waals surface area contributed by atoms with Gasteiger partial charge in [0.1, 0.15) is 0 Å². The van der Waals surface area contributed by atoms with Crippen molar-refractivity contribution in [2.45, 2.75) is 25.7 Å². The molecule has 0 N–H and O–H groups in total. The molecule has 0 spiro atoms. The summed E-state index contributed by atoms with van der Waals surface area (Å²) in [5, 5.41) is 4.50. The molecular formula is C22H18N4O. The van der Waals surface area contributed by atoms with Crippen LogP contribution in [0.25, 0.3) is 17.2 Å². The molecule has 1 unspecified atom stereocenters. The minimum Gasteiger partial charge on any atom is -0.294 e. The van der Waals surface area contributed by atoms with E-state index in [1.165, 1.54) is 11.1 Å². The molecule has 0 saturated heterocycles. The van der Waals surface area contributed by atoms with Crippen LogP contribution < -0.4 is 0 Å². The summed E-state index contributed by atoms with van der Waals surface area (Å²) in [6.07, 6.45) is 3.03. The molecule has 0 aliphatic heterocycles. The maximum atomic E-state index is 12.8. The molecule has 1 atom stereocenters. The first kappa shape index (κ1) is 15.9. The summed E-state index contributed by atoms with van der Waals surface area (Å²) in [4.78, 5) is 22.0. The van der Waals surface area contributed by atoms with E-state index in [0.717, 1.165) is 17.7 Å². The third kappa shape index (κ3) is 2.81. The number of ketones is 1. The number of Topliss-reactive ketones (excluding diaryl/α,β-unsaturated/α-hetero) is 1. The van der Waals surface area contributed by atoms with E-state index in [9.17, 15) is 4.79 Å². The quantitative estimate of drug-likeness (QED) is 0.546. The summed E-state index contributed by atoms with van der Waals surface area (Å²) in [7, 11) is 0. The van der Waals surface area contributed by atoms with Gasteiger partial charge in [0.2, 0.25) is 0 Å². The Labute approximate surface area is 156 Å². The molecule has 1 aliphatic rings. The number of carbonyl (C=O) groups is 1. The minimum absolute atomic E-state index is 0.119. The second-order valence-electron chi connectivity index (χ2n) is 7.09. The molecule has 1 aliphatic carbocycles. The van der Waals surface area contributed by atoms with Gasteiger partial charge in [-0.15, -0.1) is 5.10 Å². The van der Waals surface area contributed by atoms with Crippen LogP contribution in [0.5, 0.6) is 0 Å². The van der Waals surface area contributed by atoms with Crippen LogP contribution >= 0.6 is 0 Å². The predicted molar refractivity (Wildman–Crippen MR) is 103 cm³/mol. The molecule has 0 bridgehead atoms. The average Bonchev–Trinajstić information content (AvgIpc) is 3.11. The van der Waals surface area contributed by atoms with E-state index in [0.29, 0.717) is 23.6 Å². The summed E-state index contributed by atoms with van der Waals surface area (Å²) in [5.41, 5.74) is 4.82. The van der Waals surface area contributed by atoms with Gasteiger partial charge in [-0.2, -0.15) is 4.98 Å². The van der Waals surface area contributed by atoms with Crippen LogP contribution in [0.4, 0.5) is 0 Å². The molecule has 2 heterocycles. The highest BCUT2D eigenvalue weighted by molar-refractivity contribution is 5.98. The van der Waals surface area contributed by atoms with Crippen molar-refractivity contribution in [2.24, 2.45) is 0 Å². The molecular weight excluding hydrogens is 336 g/mol. The largest absolute Gasteiger partial charge is 0.294 e. The van der Waals surface area contributed by atoms with Crippen molar-refractivity contribution in [3.63, 3.8) is 0 Å². The topological polar surface area (TPSA) is 60.2 Å². The number of hydrogen-bond acceptors (Lipinski definition) is 4. The lowest BCUT2D eigenvalue weighted by molar-refractivity contribution is 0.0962. The van der Waals surface area contributed by atoms with Crippen molar-refractivity contribution in [3.05, 3.63) is 83.2 Å². The molecule has 0 radical (unpaired) electrons. The molecule has 27 heavy (non-hydrogen) atoms. The van der Waals surface area contributed by atoms with Gasteiger partial charge in [0.25, 0.3) is 5.78 Å². The summed E-state index contributed by atoms with van der Waals surface area (Å²) in [5.74, 6) is 1.43. The van der Waals surface area contributed by atoms with Gasteiger partial charge in [-0.3, -0.25) is 4.79 Å². The fraction of sp³-hybridized carbons (Fsp3) is 0.182. The Hall–Kier alpha value is -3.34. The van der Waals surface area contributed by atoms with E-state index in [1.54, 1.807) is 10.7 Å². The van der Waals surface area contributed by atoms with E-state index >= 15 is 0 Å². The van der Waals surface area contributed by atoms with Gasteiger partial charge >= 0.3 is 0 Å². The van der Waals surface area contributed by atoms with Crippen molar-refractivity contribution >= 4 is 11.6 Å². The Bertz CT molecular complexity index is 1150. The van der Waals surface area contributed by atoms with E-state index in [4.69, 9.17) is 0 Å². The van der Waals surface area contributed by atoms with Crippen LogP contribution in [-0.4, -0.2) is 25.4 Å². The van der Waals surface area contributed by atoms with Gasteiger partial charge in [0.05, 0.1) is 11.3 Å². The van der Waals surface area contributed by atoms with Crippen LogP contribution in [0.3, 0.4) is 0 Å². The summed E-state index contributed by atoms with van der Waals surface area (Å²) < 4.78 is 1.62. The van der Waals surface area contributed by atoms with Crippen LogP contribution in [0.2, 0.25) is 0 Å². The van der Waals surface area contributed by atoms with Gasteiger partial charge in [0.15, 0.2) is 11.6 Å². The molecule has 5 nitrogen and oxygen atoms in total. The summed E-state index contributed by atoms with van der Waals surface area (Å²) in [6, 6.07) is 18.2. The van der Waals surface area contributed by atoms with E-state index < -0.39 is 0 Å². The molecule has 2 aromatic carbocycles. The van der Waals surface area contributed by atoms with Crippen molar-refractivity contribution < 1.29 is 4.79 Å². The van der Waals surface area contributed by atoms with Gasteiger partial charge in [-0.05, 0) is 24.8 Å². The standard InChI is InChI=1S/C22H18N4O/c1-14-7-9-15(10-8-14)17-11-19-18(20(27)12-17)13-26-22(23-19)24-21(25-26)16-5-3-2-4-6-16/h2-10,13,17H,11-12H2,1H3. The summed E-state index contributed by atoms with van der Waals surface area (Å²) in [6.45, 7) is 2.07. The molecule has 132 valence electrons. The molecule has 4 aromatic rings. The predicted octanol–water partition coefficient (Wildman–Crippen LogP) is 4.01. The lowest BCUT2D eigenvalue weighted by Crippen LogP contribution is -2.21. The third-order valence-electron chi connectivity index (χ3n) is 5.16. The number of nitrogens with zero attached hydrogens (tertiary/aromatic N) is 4. The monoisotopic (exact) mass is 354 g/mol. The zero-order valence-corrected chi connectivity index (χ0v) is 15.0. The van der Waals surface area contributed by atoms with E-state index in [1.807, 2.05) is 30.3 Å². The van der Waals surface area contributed by atoms with Crippen molar-refractivity contribution in [2.75, 3.05) is 0 Å². The van der Waals surface area contributed by atoms with Crippen molar-refractivity contribution in [1.29, 1.82) is 0 Å². The normalized spacial score (nSPS) is 16.5. The number of aryl methyl sites for hydroxylation is 1. The van der Waals surface area contributed by atoms with Gasteiger partial charge in [-0.25, -0.2) is 9.50 Å². The second-order valence-corrected chi connectivity index (χ2v) is 7.09. The Kier molecular flexibility index (Phi) is 3.60. The first-order chi connectivity index (χ1) is 13.2. The van der Waals surface area contributed by atoms with Gasteiger partial charge in [-0.1, -0.05) is 60.2 Å². The second kappa shape index (κ2) is 6.13. The molecule has 5 heteroatoms. The van der Waals surface area contributed by atoms with Gasteiger partial charge in [0, 0.05) is 18.2 Å². The number of rotatable bonds is 2. The smallest absolute Gasteiger partial charge is 0.252 e. The number of fused-ring (bicyclic) bond motifs is 2. The van der Waals surface area contributed by atoms with E-state index in [-0.39, 0.29) is 11.7 Å². The maximum absolute atomic E-state index is 12.8. The lowest BCUT2D eigenvalue weighted by Gasteiger charge is -2.23. The molecule has 0 fully saturated rings. The fourth-order valence-corrected chi connectivity index (χ4v) is 3.67. The molecule has 2 aromatic heterocycles. The molecule has 0 amide bonds. The first-order valence-electron chi connectivity index (χ1n) is 9.09. The highest BCUT2D eigenvalue weighted by atomic mass is 16.1. The highest BCUT2D eigenvalue weighted by Crippen LogP contribution is 2.32. The zero-order valence-electron chi connectivity index (χ0n) is 15.0. The Balaban J connectivity index is 1.55. The highest BCUT2D eigenvalue weighted by Gasteiger charge is 2.28. The van der Waals surface area contributed by atoms with Crippen molar-refractivity contribution in [1.82, 2.24) is 19.6 Å². The molecule has 5 rings (SSSR count). The lowest BCUT2D eigenvalue weighted by atomic mass is 9.82. The Morgan fingerprint density at radius 2 is 1.74 bits per heavy atom. The van der Waals surface area contributed by atoms with Gasteiger partial charge < -0.3 is 0 Å². The number of aromatic nitrogens is 4. The first-order valence-corrected chi connectivity index (χ1v) is 9.09. The summed E-state index contributed by atoms with van der Waals surface area (Å²) >= 11 is 0. The minimum atomic E-state index is 0.119. The van der Waals surface area contributed by atoms with Crippen LogP contribution in [0.1, 0.15) is 39.5 Å². The Morgan fingerprint density at radius 3 is 2.52 bits per heavy atom. The van der Waals surface area contributed by atoms with Crippen LogP contribution in [0.15, 0.2) is 60.8 Å². The third-order valence-corrected chi connectivity index (χ3v) is 5.16. The fourth-order valence-electron chi connectivity index (χ4n) is 3.67. The van der Waals surface area contributed by atoms with Crippen molar-refractivity contribution in [3.8, 4) is 11.4 Å².